The minimum atomic E-state index is -0.106. The summed E-state index contributed by atoms with van der Waals surface area (Å²) >= 11 is 0. The second kappa shape index (κ2) is 5.80. The summed E-state index contributed by atoms with van der Waals surface area (Å²) in [6, 6.07) is 0. The van der Waals surface area contributed by atoms with Crippen molar-refractivity contribution in [1.82, 2.24) is 0 Å². The molecule has 0 saturated heterocycles. The quantitative estimate of drug-likeness (QED) is 0.487. The van der Waals surface area contributed by atoms with Crippen LogP contribution in [0.25, 0.3) is 0 Å². The van der Waals surface area contributed by atoms with Crippen molar-refractivity contribution in [2.24, 2.45) is 17.3 Å². The van der Waals surface area contributed by atoms with E-state index in [1.54, 1.807) is 6.26 Å². The van der Waals surface area contributed by atoms with Gasteiger partial charge in [-0.25, -0.2) is 0 Å². The first-order valence-corrected chi connectivity index (χ1v) is 5.63. The van der Waals surface area contributed by atoms with Crippen molar-refractivity contribution < 1.29 is 4.74 Å². The number of nitrogens with zero attached hydrogens (tertiary/aromatic N) is 1. The molecular formula is C13H23NO. The fourth-order valence-corrected chi connectivity index (χ4v) is 1.71. The largest absolute Gasteiger partial charge is 0.393 e. The summed E-state index contributed by atoms with van der Waals surface area (Å²) in [5.74, 6) is 1.64. The number of allylic oxidation sites excluding steroid dienone is 1. The third-order valence-electron chi connectivity index (χ3n) is 3.55. The van der Waals surface area contributed by atoms with Gasteiger partial charge in [0.2, 0.25) is 0 Å². The average molecular weight is 209 g/mol. The SMILES string of the molecule is C=C(OC#N)C(C)(CC(C)CC)C(C)C. The van der Waals surface area contributed by atoms with Crippen LogP contribution in [0.2, 0.25) is 0 Å². The van der Waals surface area contributed by atoms with Gasteiger partial charge >= 0.3 is 0 Å². The molecule has 0 bridgehead atoms. The lowest BCUT2D eigenvalue weighted by atomic mass is 9.71. The van der Waals surface area contributed by atoms with E-state index in [9.17, 15) is 0 Å². The molecule has 2 nitrogen and oxygen atoms in total. The van der Waals surface area contributed by atoms with Crippen molar-refractivity contribution in [2.45, 2.75) is 47.5 Å². The Morgan fingerprint density at radius 1 is 1.47 bits per heavy atom. The Balaban J connectivity index is 4.75. The van der Waals surface area contributed by atoms with Gasteiger partial charge in [-0.15, -0.1) is 5.26 Å². The van der Waals surface area contributed by atoms with Crippen molar-refractivity contribution in [3.05, 3.63) is 12.3 Å². The molecule has 0 radical (unpaired) electrons. The maximum atomic E-state index is 8.54. The zero-order valence-corrected chi connectivity index (χ0v) is 10.6. The third-order valence-corrected chi connectivity index (χ3v) is 3.55. The molecule has 0 rings (SSSR count). The van der Waals surface area contributed by atoms with E-state index >= 15 is 0 Å². The highest BCUT2D eigenvalue weighted by molar-refractivity contribution is 5.05. The van der Waals surface area contributed by atoms with Gasteiger partial charge in [0.05, 0.1) is 0 Å². The fourth-order valence-electron chi connectivity index (χ4n) is 1.71. The number of nitriles is 1. The van der Waals surface area contributed by atoms with Crippen LogP contribution in [0.1, 0.15) is 47.5 Å². The van der Waals surface area contributed by atoms with Gasteiger partial charge in [0.1, 0.15) is 5.76 Å². The van der Waals surface area contributed by atoms with Gasteiger partial charge in [-0.1, -0.05) is 47.6 Å². The molecule has 0 aliphatic rings. The number of rotatable bonds is 6. The molecule has 2 unspecified atom stereocenters. The summed E-state index contributed by atoms with van der Waals surface area (Å²) in [7, 11) is 0. The predicted molar refractivity (Wildman–Crippen MR) is 62.9 cm³/mol. The van der Waals surface area contributed by atoms with E-state index < -0.39 is 0 Å². The Morgan fingerprint density at radius 3 is 2.33 bits per heavy atom. The molecule has 0 aliphatic heterocycles. The monoisotopic (exact) mass is 209 g/mol. The van der Waals surface area contributed by atoms with Crippen molar-refractivity contribution >= 4 is 0 Å². The number of hydrogen-bond acceptors (Lipinski definition) is 2. The molecule has 0 fully saturated rings. The summed E-state index contributed by atoms with van der Waals surface area (Å²) in [5, 5.41) is 8.54. The van der Waals surface area contributed by atoms with Crippen molar-refractivity contribution in [3.63, 3.8) is 0 Å². The standard InChI is InChI=1S/C13H23NO/c1-7-11(4)8-13(6,10(2)3)12(5)15-9-14/h10-11H,5,7-8H2,1-4,6H3. The third kappa shape index (κ3) is 3.58. The first-order chi connectivity index (χ1) is 6.88. The van der Waals surface area contributed by atoms with E-state index in [2.05, 4.69) is 41.2 Å². The van der Waals surface area contributed by atoms with Gasteiger partial charge in [-0.3, -0.25) is 0 Å². The van der Waals surface area contributed by atoms with E-state index in [1.165, 1.54) is 0 Å². The summed E-state index contributed by atoms with van der Waals surface area (Å²) in [5.41, 5.74) is -0.106. The van der Waals surface area contributed by atoms with Crippen LogP contribution in [-0.4, -0.2) is 0 Å². The van der Waals surface area contributed by atoms with Gasteiger partial charge in [0.25, 0.3) is 6.26 Å². The molecule has 0 spiro atoms. The summed E-state index contributed by atoms with van der Waals surface area (Å²) in [6.07, 6.45) is 3.88. The van der Waals surface area contributed by atoms with Crippen molar-refractivity contribution in [1.29, 1.82) is 5.26 Å². The van der Waals surface area contributed by atoms with Gasteiger partial charge < -0.3 is 4.74 Å². The van der Waals surface area contributed by atoms with E-state index in [-0.39, 0.29) is 5.41 Å². The molecule has 0 aliphatic carbocycles. The summed E-state index contributed by atoms with van der Waals surface area (Å²) in [6.45, 7) is 14.7. The second-order valence-corrected chi connectivity index (χ2v) is 4.91. The van der Waals surface area contributed by atoms with Crippen LogP contribution in [-0.2, 0) is 4.74 Å². The Morgan fingerprint density at radius 2 is 2.00 bits per heavy atom. The van der Waals surface area contributed by atoms with Crippen LogP contribution in [0.4, 0.5) is 0 Å². The van der Waals surface area contributed by atoms with Crippen LogP contribution in [0, 0.1) is 28.8 Å². The van der Waals surface area contributed by atoms with Gasteiger partial charge in [0.15, 0.2) is 0 Å². The molecule has 0 heterocycles. The molecule has 0 aromatic rings. The Bertz CT molecular complexity index is 252. The van der Waals surface area contributed by atoms with Gasteiger partial charge in [0, 0.05) is 5.41 Å². The molecule has 2 atom stereocenters. The molecule has 0 N–H and O–H groups in total. The Labute approximate surface area is 93.9 Å². The summed E-state index contributed by atoms with van der Waals surface area (Å²) in [4.78, 5) is 0. The smallest absolute Gasteiger partial charge is 0.291 e. The van der Waals surface area contributed by atoms with Gasteiger partial charge in [-0.05, 0) is 18.3 Å². The average Bonchev–Trinajstić information content (AvgIpc) is 2.17. The molecule has 0 aromatic carbocycles. The molecule has 0 saturated carbocycles. The lowest BCUT2D eigenvalue weighted by Gasteiger charge is -2.35. The molecule has 15 heavy (non-hydrogen) atoms. The van der Waals surface area contributed by atoms with Crippen LogP contribution in [0.5, 0.6) is 0 Å². The molecule has 2 heteroatoms. The van der Waals surface area contributed by atoms with Crippen LogP contribution >= 0.6 is 0 Å². The Hall–Kier alpha value is -0.970. The highest BCUT2D eigenvalue weighted by Gasteiger charge is 2.34. The first-order valence-electron chi connectivity index (χ1n) is 5.63. The first kappa shape index (κ1) is 14.0. The molecular weight excluding hydrogens is 186 g/mol. The highest BCUT2D eigenvalue weighted by Crippen LogP contribution is 2.41. The topological polar surface area (TPSA) is 33.0 Å². The van der Waals surface area contributed by atoms with E-state index in [1.807, 2.05) is 0 Å². The normalized spacial score (nSPS) is 16.6. The molecule has 86 valence electrons. The maximum Gasteiger partial charge on any atom is 0.291 e. The van der Waals surface area contributed by atoms with E-state index in [0.717, 1.165) is 12.8 Å². The lowest BCUT2D eigenvalue weighted by Crippen LogP contribution is -2.28. The van der Waals surface area contributed by atoms with E-state index in [0.29, 0.717) is 17.6 Å². The highest BCUT2D eigenvalue weighted by atomic mass is 16.5. The zero-order chi connectivity index (χ0) is 12.1. The zero-order valence-electron chi connectivity index (χ0n) is 10.6. The summed E-state index contributed by atoms with van der Waals surface area (Å²) < 4.78 is 4.92. The van der Waals surface area contributed by atoms with Gasteiger partial charge in [-0.2, -0.15) is 0 Å². The second-order valence-electron chi connectivity index (χ2n) is 4.91. The minimum absolute atomic E-state index is 0.106. The van der Waals surface area contributed by atoms with E-state index in [4.69, 9.17) is 10.00 Å². The van der Waals surface area contributed by atoms with Crippen molar-refractivity contribution in [2.75, 3.05) is 0 Å². The number of hydrogen-bond donors (Lipinski definition) is 0. The lowest BCUT2D eigenvalue weighted by molar-refractivity contribution is 0.136. The van der Waals surface area contributed by atoms with Crippen molar-refractivity contribution in [3.8, 4) is 6.26 Å². The minimum Gasteiger partial charge on any atom is -0.393 e. The van der Waals surface area contributed by atoms with Crippen LogP contribution < -0.4 is 0 Å². The number of ether oxygens (including phenoxy) is 1. The fraction of sp³-hybridized carbons (Fsp3) is 0.769. The predicted octanol–water partition coefficient (Wildman–Crippen LogP) is 4.10. The molecule has 0 amide bonds. The van der Waals surface area contributed by atoms with Crippen LogP contribution in [0.3, 0.4) is 0 Å². The maximum absolute atomic E-state index is 8.54. The Kier molecular flexibility index (Phi) is 5.43. The van der Waals surface area contributed by atoms with Crippen LogP contribution in [0.15, 0.2) is 12.3 Å². The molecule has 0 aromatic heterocycles.